The molecule has 0 aromatic heterocycles. The summed E-state index contributed by atoms with van der Waals surface area (Å²) in [6.45, 7) is 6.17. The Morgan fingerprint density at radius 1 is 0.364 bits per heavy atom. The molecule has 0 saturated carbocycles. The third-order valence-corrected chi connectivity index (χ3v) is 8.56. The van der Waals surface area contributed by atoms with Crippen molar-refractivity contribution < 1.29 is 28.6 Å². The van der Waals surface area contributed by atoms with Gasteiger partial charge in [-0.05, 0) is 103 Å². The standard InChI is InChI=1S/C49H78O6/c1-4-7-10-13-16-19-22-24-25-28-30-33-36-39-42-48(51)54-45-46(44-53-47(50)41-38-35-32-29-26-21-18-15-12-9-6-3)55-49(52)43-40-37-34-31-27-23-20-17-14-11-8-5-2/h7-12,16-21,27,29,31-32,46H,4-6,13-15,22-26,28,30,33-45H2,1-3H3/b10-7-,11-8-,12-9-,19-16-,20-17-,21-18-,31-27-,32-29-. The molecule has 0 N–H and O–H groups in total. The second kappa shape index (κ2) is 43.1. The van der Waals surface area contributed by atoms with Gasteiger partial charge in [-0.15, -0.1) is 0 Å². The third-order valence-electron chi connectivity index (χ3n) is 8.56. The fourth-order valence-corrected chi connectivity index (χ4v) is 5.40. The fraction of sp³-hybridized carbons (Fsp3) is 0.612. The first-order valence-corrected chi connectivity index (χ1v) is 21.7. The summed E-state index contributed by atoms with van der Waals surface area (Å²) in [6, 6.07) is 0. The highest BCUT2D eigenvalue weighted by molar-refractivity contribution is 5.71. The quantitative estimate of drug-likeness (QED) is 0.0271. The average molecular weight is 763 g/mol. The van der Waals surface area contributed by atoms with Gasteiger partial charge in [0.25, 0.3) is 0 Å². The van der Waals surface area contributed by atoms with E-state index in [1.165, 1.54) is 25.7 Å². The van der Waals surface area contributed by atoms with Crippen molar-refractivity contribution in [1.29, 1.82) is 0 Å². The van der Waals surface area contributed by atoms with Gasteiger partial charge < -0.3 is 14.2 Å². The van der Waals surface area contributed by atoms with Gasteiger partial charge in [0, 0.05) is 19.3 Å². The number of carbonyl (C=O) groups excluding carboxylic acids is 3. The van der Waals surface area contributed by atoms with Crippen LogP contribution in [0.3, 0.4) is 0 Å². The molecule has 0 aliphatic carbocycles. The van der Waals surface area contributed by atoms with Crippen LogP contribution in [0.2, 0.25) is 0 Å². The monoisotopic (exact) mass is 763 g/mol. The maximum atomic E-state index is 12.7. The molecule has 0 amide bonds. The van der Waals surface area contributed by atoms with Gasteiger partial charge in [0.2, 0.25) is 0 Å². The Balaban J connectivity index is 4.52. The second-order valence-electron chi connectivity index (χ2n) is 13.8. The normalized spacial score (nSPS) is 13.0. The number of unbranched alkanes of at least 4 members (excludes halogenated alkanes) is 10. The van der Waals surface area contributed by atoms with Gasteiger partial charge in [0.15, 0.2) is 6.10 Å². The Hall–Kier alpha value is -3.67. The molecule has 0 aromatic rings. The highest BCUT2D eigenvalue weighted by Crippen LogP contribution is 2.12. The lowest BCUT2D eigenvalue weighted by molar-refractivity contribution is -0.167. The zero-order valence-electron chi connectivity index (χ0n) is 35.1. The topological polar surface area (TPSA) is 78.9 Å². The summed E-state index contributed by atoms with van der Waals surface area (Å²) >= 11 is 0. The molecule has 0 fully saturated rings. The molecule has 55 heavy (non-hydrogen) atoms. The first-order chi connectivity index (χ1) is 27.0. The summed E-state index contributed by atoms with van der Waals surface area (Å²) in [5.41, 5.74) is 0. The number of hydrogen-bond donors (Lipinski definition) is 0. The molecule has 0 aliphatic heterocycles. The maximum absolute atomic E-state index is 12.7. The van der Waals surface area contributed by atoms with Gasteiger partial charge in [-0.2, -0.15) is 0 Å². The number of carbonyl (C=O) groups is 3. The van der Waals surface area contributed by atoms with E-state index in [1.54, 1.807) is 0 Å². The number of ether oxygens (including phenoxy) is 3. The molecule has 1 unspecified atom stereocenters. The molecule has 0 radical (unpaired) electrons. The summed E-state index contributed by atoms with van der Waals surface area (Å²) in [7, 11) is 0. The number of rotatable bonds is 37. The van der Waals surface area contributed by atoms with E-state index in [4.69, 9.17) is 14.2 Å². The number of hydrogen-bond acceptors (Lipinski definition) is 6. The molecule has 0 saturated heterocycles. The lowest BCUT2D eigenvalue weighted by Gasteiger charge is -2.18. The number of esters is 3. The van der Waals surface area contributed by atoms with Crippen LogP contribution in [0.4, 0.5) is 0 Å². The van der Waals surface area contributed by atoms with Gasteiger partial charge in [-0.25, -0.2) is 0 Å². The molecule has 0 bridgehead atoms. The molecular weight excluding hydrogens is 685 g/mol. The van der Waals surface area contributed by atoms with Crippen LogP contribution in [0.5, 0.6) is 0 Å². The third kappa shape index (κ3) is 41.3. The summed E-state index contributed by atoms with van der Waals surface area (Å²) in [5, 5.41) is 0. The van der Waals surface area contributed by atoms with Crippen molar-refractivity contribution in [1.82, 2.24) is 0 Å². The summed E-state index contributed by atoms with van der Waals surface area (Å²) < 4.78 is 16.6. The molecule has 6 nitrogen and oxygen atoms in total. The minimum atomic E-state index is -0.819. The van der Waals surface area contributed by atoms with E-state index in [9.17, 15) is 14.4 Å². The van der Waals surface area contributed by atoms with Gasteiger partial charge in [-0.1, -0.05) is 150 Å². The fourth-order valence-electron chi connectivity index (χ4n) is 5.40. The predicted octanol–water partition coefficient (Wildman–Crippen LogP) is 13.9. The number of allylic oxidation sites excluding steroid dienone is 16. The molecule has 310 valence electrons. The van der Waals surface area contributed by atoms with Crippen molar-refractivity contribution in [3.63, 3.8) is 0 Å². The minimum Gasteiger partial charge on any atom is -0.462 e. The Morgan fingerprint density at radius 2 is 0.673 bits per heavy atom. The first-order valence-electron chi connectivity index (χ1n) is 21.7. The molecule has 0 aromatic carbocycles. The summed E-state index contributed by atoms with van der Waals surface area (Å²) in [4.78, 5) is 37.6. The van der Waals surface area contributed by atoms with Gasteiger partial charge >= 0.3 is 17.9 Å². The molecule has 0 spiro atoms. The molecule has 6 heteroatoms. The average Bonchev–Trinajstić information content (AvgIpc) is 3.18. The highest BCUT2D eigenvalue weighted by atomic mass is 16.6. The van der Waals surface area contributed by atoms with E-state index < -0.39 is 6.10 Å². The van der Waals surface area contributed by atoms with E-state index in [-0.39, 0.29) is 44.0 Å². The van der Waals surface area contributed by atoms with Gasteiger partial charge in [0.05, 0.1) is 0 Å². The molecule has 0 aliphatic rings. The first kappa shape index (κ1) is 51.3. The minimum absolute atomic E-state index is 0.115. The molecule has 0 rings (SSSR count). The van der Waals surface area contributed by atoms with Crippen molar-refractivity contribution >= 4 is 17.9 Å². The van der Waals surface area contributed by atoms with E-state index in [2.05, 4.69) is 118 Å². The largest absolute Gasteiger partial charge is 0.462 e. The maximum Gasteiger partial charge on any atom is 0.306 e. The van der Waals surface area contributed by atoms with Crippen LogP contribution in [0.1, 0.15) is 175 Å². The van der Waals surface area contributed by atoms with Crippen molar-refractivity contribution in [3.8, 4) is 0 Å². The van der Waals surface area contributed by atoms with Gasteiger partial charge in [-0.3, -0.25) is 14.4 Å². The van der Waals surface area contributed by atoms with Crippen LogP contribution >= 0.6 is 0 Å². The van der Waals surface area contributed by atoms with E-state index in [1.807, 2.05) is 0 Å². The van der Waals surface area contributed by atoms with Crippen LogP contribution in [0, 0.1) is 0 Å². The van der Waals surface area contributed by atoms with Crippen molar-refractivity contribution in [2.24, 2.45) is 0 Å². The van der Waals surface area contributed by atoms with Crippen LogP contribution in [-0.2, 0) is 28.6 Å². The van der Waals surface area contributed by atoms with Crippen molar-refractivity contribution in [2.75, 3.05) is 13.2 Å². The predicted molar refractivity (Wildman–Crippen MR) is 233 cm³/mol. The Morgan fingerprint density at radius 3 is 1.13 bits per heavy atom. The van der Waals surface area contributed by atoms with Gasteiger partial charge in [0.1, 0.15) is 13.2 Å². The second-order valence-corrected chi connectivity index (χ2v) is 13.8. The van der Waals surface area contributed by atoms with Crippen LogP contribution in [-0.4, -0.2) is 37.2 Å². The van der Waals surface area contributed by atoms with E-state index in [0.717, 1.165) is 96.3 Å². The zero-order valence-corrected chi connectivity index (χ0v) is 35.1. The molecule has 0 heterocycles. The SMILES string of the molecule is CC/C=C\C/C=C\C/C=C\CCCCC(=O)OC(COC(=O)CCC/C=C\C/C=C\C/C=C\CC)COC(=O)CCCCCCCCC/C=C\C/C=C\CC. The lowest BCUT2D eigenvalue weighted by Crippen LogP contribution is -2.30. The Bertz CT molecular complexity index is 1150. The van der Waals surface area contributed by atoms with Crippen molar-refractivity contribution in [2.45, 2.75) is 181 Å². The van der Waals surface area contributed by atoms with Crippen LogP contribution < -0.4 is 0 Å². The zero-order chi connectivity index (χ0) is 40.1. The molecule has 1 atom stereocenters. The van der Waals surface area contributed by atoms with Crippen LogP contribution in [0.15, 0.2) is 97.2 Å². The van der Waals surface area contributed by atoms with Crippen molar-refractivity contribution in [3.05, 3.63) is 97.2 Å². The Kier molecular flexibility index (Phi) is 40.2. The Labute approximate surface area is 337 Å². The van der Waals surface area contributed by atoms with E-state index >= 15 is 0 Å². The lowest BCUT2D eigenvalue weighted by atomic mass is 10.1. The van der Waals surface area contributed by atoms with E-state index in [0.29, 0.717) is 19.3 Å². The summed E-state index contributed by atoms with van der Waals surface area (Å²) in [6.07, 6.45) is 55.5. The smallest absolute Gasteiger partial charge is 0.306 e. The van der Waals surface area contributed by atoms with Crippen LogP contribution in [0.25, 0.3) is 0 Å². The highest BCUT2D eigenvalue weighted by Gasteiger charge is 2.19. The molecular formula is C49H78O6. The summed E-state index contributed by atoms with van der Waals surface area (Å²) in [5.74, 6) is -1.03.